The summed E-state index contributed by atoms with van der Waals surface area (Å²) in [5, 5.41) is 2.08. The minimum Gasteiger partial charge on any atom is -0.496 e. The molecule has 0 aliphatic carbocycles. The van der Waals surface area contributed by atoms with Gasteiger partial charge in [-0.05, 0) is 30.5 Å². The molecule has 0 unspecified atom stereocenters. The molecule has 0 radical (unpaired) electrons. The predicted octanol–water partition coefficient (Wildman–Crippen LogP) is 3.73. The van der Waals surface area contributed by atoms with Gasteiger partial charge in [0.05, 0.1) is 7.11 Å². The lowest BCUT2D eigenvalue weighted by atomic mass is 10.1. The smallest absolute Gasteiger partial charge is 0.127 e. The molecule has 14 heavy (non-hydrogen) atoms. The van der Waals surface area contributed by atoms with Crippen molar-refractivity contribution in [1.82, 2.24) is 0 Å². The minimum atomic E-state index is 0.943. The van der Waals surface area contributed by atoms with Crippen LogP contribution in [0.2, 0.25) is 0 Å². The molecule has 0 amide bonds. The lowest BCUT2D eigenvalue weighted by molar-refractivity contribution is 0.416. The van der Waals surface area contributed by atoms with Gasteiger partial charge in [0.15, 0.2) is 0 Å². The second-order valence-electron chi connectivity index (χ2n) is 3.18. The van der Waals surface area contributed by atoms with Crippen molar-refractivity contribution in [3.63, 3.8) is 0 Å². The Morgan fingerprint density at radius 2 is 2.07 bits per heavy atom. The minimum absolute atomic E-state index is 0.943. The van der Waals surface area contributed by atoms with Gasteiger partial charge in [-0.25, -0.2) is 0 Å². The van der Waals surface area contributed by atoms with Crippen LogP contribution in [0, 0.1) is 6.92 Å². The highest BCUT2D eigenvalue weighted by atomic mass is 32.1. The fourth-order valence-corrected chi connectivity index (χ4v) is 2.19. The molecule has 0 spiro atoms. The molecular weight excluding hydrogens is 192 g/mol. The van der Waals surface area contributed by atoms with E-state index in [-0.39, 0.29) is 0 Å². The van der Waals surface area contributed by atoms with E-state index < -0.39 is 0 Å². The first-order chi connectivity index (χ1) is 6.81. The van der Waals surface area contributed by atoms with Gasteiger partial charge in [-0.1, -0.05) is 17.7 Å². The van der Waals surface area contributed by atoms with Crippen molar-refractivity contribution in [3.05, 3.63) is 41.3 Å². The molecule has 0 aliphatic rings. The molecule has 1 aromatic heterocycles. The maximum absolute atomic E-state index is 5.33. The first-order valence-electron chi connectivity index (χ1n) is 4.50. The van der Waals surface area contributed by atoms with E-state index in [1.165, 1.54) is 16.0 Å². The van der Waals surface area contributed by atoms with E-state index in [0.717, 1.165) is 5.75 Å². The molecule has 0 fully saturated rings. The topological polar surface area (TPSA) is 9.23 Å². The van der Waals surface area contributed by atoms with Crippen LogP contribution < -0.4 is 4.74 Å². The predicted molar refractivity (Wildman–Crippen MR) is 61.0 cm³/mol. The highest BCUT2D eigenvalue weighted by Gasteiger charge is 2.05. The van der Waals surface area contributed by atoms with Gasteiger partial charge < -0.3 is 4.74 Å². The van der Waals surface area contributed by atoms with Crippen LogP contribution in [-0.2, 0) is 0 Å². The Hall–Kier alpha value is -1.28. The summed E-state index contributed by atoms with van der Waals surface area (Å²) in [6.07, 6.45) is 0. The summed E-state index contributed by atoms with van der Waals surface area (Å²) in [6.45, 7) is 2.09. The maximum Gasteiger partial charge on any atom is 0.127 e. The molecule has 1 heterocycles. The normalized spacial score (nSPS) is 10.1. The Morgan fingerprint density at radius 3 is 2.71 bits per heavy atom. The summed E-state index contributed by atoms with van der Waals surface area (Å²) in [5.74, 6) is 0.943. The number of benzene rings is 1. The van der Waals surface area contributed by atoms with Gasteiger partial charge in [-0.2, -0.15) is 0 Å². The molecular formula is C12H12OS. The molecule has 2 heteroatoms. The van der Waals surface area contributed by atoms with Gasteiger partial charge in [-0.15, -0.1) is 11.3 Å². The van der Waals surface area contributed by atoms with Crippen LogP contribution in [0.25, 0.3) is 10.4 Å². The van der Waals surface area contributed by atoms with E-state index in [2.05, 4.69) is 36.6 Å². The molecule has 72 valence electrons. The van der Waals surface area contributed by atoms with Crippen molar-refractivity contribution in [2.75, 3.05) is 7.11 Å². The first kappa shape index (κ1) is 9.28. The monoisotopic (exact) mass is 204 g/mol. The van der Waals surface area contributed by atoms with Crippen LogP contribution >= 0.6 is 11.3 Å². The van der Waals surface area contributed by atoms with Gasteiger partial charge >= 0.3 is 0 Å². The zero-order valence-corrected chi connectivity index (χ0v) is 9.10. The van der Waals surface area contributed by atoms with Crippen molar-refractivity contribution in [2.24, 2.45) is 0 Å². The number of methoxy groups -OCH3 is 1. The lowest BCUT2D eigenvalue weighted by Crippen LogP contribution is -1.86. The maximum atomic E-state index is 5.33. The average molecular weight is 204 g/mol. The first-order valence-corrected chi connectivity index (χ1v) is 5.38. The van der Waals surface area contributed by atoms with Crippen LogP contribution in [0.5, 0.6) is 5.75 Å². The van der Waals surface area contributed by atoms with Crippen LogP contribution in [-0.4, -0.2) is 7.11 Å². The third kappa shape index (κ3) is 1.66. The Morgan fingerprint density at radius 1 is 1.21 bits per heavy atom. The zero-order valence-electron chi connectivity index (χ0n) is 8.28. The third-order valence-electron chi connectivity index (χ3n) is 2.14. The summed E-state index contributed by atoms with van der Waals surface area (Å²) in [4.78, 5) is 1.26. The summed E-state index contributed by atoms with van der Waals surface area (Å²) in [7, 11) is 1.71. The number of thiophene rings is 1. The highest BCUT2D eigenvalue weighted by molar-refractivity contribution is 7.13. The summed E-state index contributed by atoms with van der Waals surface area (Å²) >= 11 is 1.73. The third-order valence-corrected chi connectivity index (χ3v) is 3.04. The van der Waals surface area contributed by atoms with Gasteiger partial charge in [0.1, 0.15) is 5.75 Å². The second-order valence-corrected chi connectivity index (χ2v) is 4.13. The van der Waals surface area contributed by atoms with Gasteiger partial charge in [0, 0.05) is 10.4 Å². The number of rotatable bonds is 2. The summed E-state index contributed by atoms with van der Waals surface area (Å²) < 4.78 is 5.33. The SMILES string of the molecule is COc1ccc(C)cc1-c1cccs1. The molecule has 0 atom stereocenters. The van der Waals surface area contributed by atoms with Crippen LogP contribution in [0.4, 0.5) is 0 Å². The molecule has 2 rings (SSSR count). The van der Waals surface area contributed by atoms with Crippen molar-refractivity contribution in [3.8, 4) is 16.2 Å². The number of ether oxygens (including phenoxy) is 1. The molecule has 0 saturated heterocycles. The number of aryl methyl sites for hydroxylation is 1. The van der Waals surface area contributed by atoms with Gasteiger partial charge in [-0.3, -0.25) is 0 Å². The molecule has 0 saturated carbocycles. The largest absolute Gasteiger partial charge is 0.496 e. The molecule has 0 bridgehead atoms. The Labute approximate surface area is 88.0 Å². The molecule has 0 aliphatic heterocycles. The van der Waals surface area contributed by atoms with Crippen molar-refractivity contribution < 1.29 is 4.74 Å². The Balaban J connectivity index is 2.55. The fourth-order valence-electron chi connectivity index (χ4n) is 1.45. The Bertz CT molecular complexity index is 418. The molecule has 1 aromatic carbocycles. The van der Waals surface area contributed by atoms with Crippen LogP contribution in [0.3, 0.4) is 0 Å². The number of hydrogen-bond acceptors (Lipinski definition) is 2. The van der Waals surface area contributed by atoms with Crippen molar-refractivity contribution in [1.29, 1.82) is 0 Å². The highest BCUT2D eigenvalue weighted by Crippen LogP contribution is 2.33. The van der Waals surface area contributed by atoms with Crippen LogP contribution in [0.15, 0.2) is 35.7 Å². The summed E-state index contributed by atoms with van der Waals surface area (Å²) in [6, 6.07) is 10.4. The fraction of sp³-hybridized carbons (Fsp3) is 0.167. The van der Waals surface area contributed by atoms with E-state index in [1.807, 2.05) is 6.07 Å². The van der Waals surface area contributed by atoms with E-state index in [1.54, 1.807) is 18.4 Å². The van der Waals surface area contributed by atoms with Crippen molar-refractivity contribution >= 4 is 11.3 Å². The standard InChI is InChI=1S/C12H12OS/c1-9-5-6-11(13-2)10(8-9)12-4-3-7-14-12/h3-8H,1-2H3. The summed E-state index contributed by atoms with van der Waals surface area (Å²) in [5.41, 5.74) is 2.44. The molecule has 0 N–H and O–H groups in total. The average Bonchev–Trinajstić information content (AvgIpc) is 2.70. The molecule has 2 aromatic rings. The molecule has 1 nitrogen and oxygen atoms in total. The van der Waals surface area contributed by atoms with Crippen LogP contribution in [0.1, 0.15) is 5.56 Å². The lowest BCUT2D eigenvalue weighted by Gasteiger charge is -2.07. The van der Waals surface area contributed by atoms with E-state index in [0.29, 0.717) is 0 Å². The van der Waals surface area contributed by atoms with E-state index in [9.17, 15) is 0 Å². The zero-order chi connectivity index (χ0) is 9.97. The van der Waals surface area contributed by atoms with Gasteiger partial charge in [0.2, 0.25) is 0 Å². The van der Waals surface area contributed by atoms with E-state index >= 15 is 0 Å². The van der Waals surface area contributed by atoms with Crippen molar-refractivity contribution in [2.45, 2.75) is 6.92 Å². The second kappa shape index (κ2) is 3.84. The van der Waals surface area contributed by atoms with E-state index in [4.69, 9.17) is 4.74 Å². The quantitative estimate of drug-likeness (QED) is 0.724. The van der Waals surface area contributed by atoms with Gasteiger partial charge in [0.25, 0.3) is 0 Å². The Kier molecular flexibility index (Phi) is 2.55. The number of hydrogen-bond donors (Lipinski definition) is 0.